The van der Waals surface area contributed by atoms with Crippen molar-refractivity contribution in [3.8, 4) is 17.6 Å². The molecule has 202 valence electrons. The molecule has 3 aromatic rings. The van der Waals surface area contributed by atoms with Gasteiger partial charge in [-0.15, -0.1) is 0 Å². The van der Waals surface area contributed by atoms with Gasteiger partial charge in [0.05, 0.1) is 35.8 Å². The van der Waals surface area contributed by atoms with Crippen LogP contribution in [-0.4, -0.2) is 87.3 Å². The molecule has 0 spiro atoms. The van der Waals surface area contributed by atoms with E-state index in [-0.39, 0.29) is 17.5 Å². The molecular weight excluding hydrogens is 507 g/mol. The van der Waals surface area contributed by atoms with Gasteiger partial charge in [0, 0.05) is 38.8 Å². The lowest BCUT2D eigenvalue weighted by atomic mass is 10.0. The molecule has 0 unspecified atom stereocenters. The lowest BCUT2D eigenvalue weighted by Gasteiger charge is -2.33. The number of alkyl halides is 1. The third-order valence-electron chi connectivity index (χ3n) is 6.50. The molecule has 0 aliphatic carbocycles. The molecule has 1 aliphatic heterocycles. The summed E-state index contributed by atoms with van der Waals surface area (Å²) in [6, 6.07) is 10.1. The second-order valence-corrected chi connectivity index (χ2v) is 11.4. The number of piperidine rings is 1. The van der Waals surface area contributed by atoms with Crippen molar-refractivity contribution in [2.45, 2.75) is 23.5 Å². The van der Waals surface area contributed by atoms with E-state index in [1.165, 1.54) is 33.3 Å². The molecule has 2 N–H and O–H groups in total. The number of hydrogen-bond donors (Lipinski definition) is 2. The molecule has 0 amide bonds. The van der Waals surface area contributed by atoms with E-state index in [4.69, 9.17) is 4.74 Å². The van der Waals surface area contributed by atoms with Gasteiger partial charge in [-0.05, 0) is 43.7 Å². The maximum Gasteiger partial charge on any atom is 0.242 e. The van der Waals surface area contributed by atoms with Crippen LogP contribution in [0.2, 0.25) is 0 Å². The number of sulfonamides is 1. The summed E-state index contributed by atoms with van der Waals surface area (Å²) in [6.07, 6.45) is 1.44. The van der Waals surface area contributed by atoms with E-state index in [1.807, 2.05) is 30.1 Å². The average molecular weight is 541 g/mol. The summed E-state index contributed by atoms with van der Waals surface area (Å²) in [7, 11) is 2.78. The van der Waals surface area contributed by atoms with E-state index in [9.17, 15) is 12.8 Å². The number of anilines is 2. The number of nitrogens with one attached hydrogen (secondary N) is 2. The first-order valence-corrected chi connectivity index (χ1v) is 13.7. The van der Waals surface area contributed by atoms with Crippen LogP contribution in [0.3, 0.4) is 0 Å². The molecule has 4 rings (SSSR count). The SMILES string of the molecule is C=Cc1c(C#CCNc2ccc(S(=O)(=O)N(C)C)cc2OC)nn2c(N[C@@H]3CCN(C)C[C@@H]3F)cccc12. The summed E-state index contributed by atoms with van der Waals surface area (Å²) in [6.45, 7) is 5.42. The summed E-state index contributed by atoms with van der Waals surface area (Å²) < 4.78 is 47.7. The van der Waals surface area contributed by atoms with Crippen molar-refractivity contribution < 1.29 is 17.5 Å². The summed E-state index contributed by atoms with van der Waals surface area (Å²) >= 11 is 0. The van der Waals surface area contributed by atoms with Gasteiger partial charge in [0.1, 0.15) is 23.4 Å². The zero-order chi connectivity index (χ0) is 27.4. The Bertz CT molecular complexity index is 1490. The van der Waals surface area contributed by atoms with Gasteiger partial charge in [-0.25, -0.2) is 21.6 Å². The third kappa shape index (κ3) is 5.62. The first kappa shape index (κ1) is 27.4. The van der Waals surface area contributed by atoms with Crippen LogP contribution in [-0.2, 0) is 10.0 Å². The topological polar surface area (TPSA) is 91.2 Å². The Morgan fingerprint density at radius 1 is 1.32 bits per heavy atom. The molecule has 1 fully saturated rings. The van der Waals surface area contributed by atoms with Gasteiger partial charge < -0.3 is 20.3 Å². The Morgan fingerprint density at radius 2 is 2.11 bits per heavy atom. The largest absolute Gasteiger partial charge is 0.495 e. The van der Waals surface area contributed by atoms with E-state index >= 15 is 0 Å². The lowest BCUT2D eigenvalue weighted by Crippen LogP contribution is -2.46. The quantitative estimate of drug-likeness (QED) is 0.424. The summed E-state index contributed by atoms with van der Waals surface area (Å²) in [5.41, 5.74) is 2.78. The predicted molar refractivity (Wildman–Crippen MR) is 149 cm³/mol. The first-order chi connectivity index (χ1) is 18.1. The van der Waals surface area contributed by atoms with Gasteiger partial charge in [0.15, 0.2) is 0 Å². The van der Waals surface area contributed by atoms with E-state index in [0.717, 1.165) is 21.9 Å². The number of rotatable bonds is 8. The van der Waals surface area contributed by atoms with Crippen LogP contribution in [0.25, 0.3) is 11.6 Å². The number of ether oxygens (including phenoxy) is 1. The predicted octanol–water partition coefficient (Wildman–Crippen LogP) is 3.15. The smallest absolute Gasteiger partial charge is 0.242 e. The van der Waals surface area contributed by atoms with Crippen molar-refractivity contribution in [3.63, 3.8) is 0 Å². The van der Waals surface area contributed by atoms with Crippen LogP contribution in [0.1, 0.15) is 17.7 Å². The molecule has 2 atom stereocenters. The number of benzene rings is 1. The normalized spacial score (nSPS) is 18.2. The van der Waals surface area contributed by atoms with Crippen LogP contribution in [0.5, 0.6) is 5.75 Å². The summed E-state index contributed by atoms with van der Waals surface area (Å²) in [5.74, 6) is 7.24. The number of fused-ring (bicyclic) bond motifs is 1. The highest BCUT2D eigenvalue weighted by Crippen LogP contribution is 2.28. The lowest BCUT2D eigenvalue weighted by molar-refractivity contribution is 0.149. The van der Waals surface area contributed by atoms with Gasteiger partial charge in [-0.3, -0.25) is 0 Å². The highest BCUT2D eigenvalue weighted by molar-refractivity contribution is 7.89. The van der Waals surface area contributed by atoms with E-state index in [2.05, 4.69) is 34.2 Å². The van der Waals surface area contributed by atoms with Crippen LogP contribution in [0.4, 0.5) is 15.9 Å². The highest BCUT2D eigenvalue weighted by Gasteiger charge is 2.28. The number of methoxy groups -OCH3 is 1. The molecule has 1 aliphatic rings. The maximum absolute atomic E-state index is 14.6. The summed E-state index contributed by atoms with van der Waals surface area (Å²) in [5, 5.41) is 11.2. The minimum absolute atomic E-state index is 0.139. The third-order valence-corrected chi connectivity index (χ3v) is 8.31. The molecule has 0 radical (unpaired) electrons. The van der Waals surface area contributed by atoms with Crippen LogP contribution < -0.4 is 15.4 Å². The van der Waals surface area contributed by atoms with E-state index < -0.39 is 16.2 Å². The molecule has 1 saturated heterocycles. The fourth-order valence-corrected chi connectivity index (χ4v) is 5.27. The second-order valence-electron chi connectivity index (χ2n) is 9.30. The van der Waals surface area contributed by atoms with Gasteiger partial charge in [-0.2, -0.15) is 5.10 Å². The van der Waals surface area contributed by atoms with Crippen molar-refractivity contribution >= 4 is 33.1 Å². The van der Waals surface area contributed by atoms with Gasteiger partial charge in [-0.1, -0.05) is 24.6 Å². The first-order valence-electron chi connectivity index (χ1n) is 12.2. The van der Waals surface area contributed by atoms with E-state index in [1.54, 1.807) is 16.7 Å². The van der Waals surface area contributed by atoms with Crippen molar-refractivity contribution in [2.75, 3.05) is 58.5 Å². The zero-order valence-corrected chi connectivity index (χ0v) is 22.8. The molecule has 0 bridgehead atoms. The Labute approximate surface area is 223 Å². The van der Waals surface area contributed by atoms with Gasteiger partial charge in [0.25, 0.3) is 0 Å². The summed E-state index contributed by atoms with van der Waals surface area (Å²) in [4.78, 5) is 2.13. The number of aromatic nitrogens is 2. The maximum atomic E-state index is 14.6. The van der Waals surface area contributed by atoms with Crippen LogP contribution >= 0.6 is 0 Å². The number of pyridine rings is 1. The molecule has 9 nitrogen and oxygen atoms in total. The Kier molecular flexibility index (Phi) is 8.26. The molecule has 1 aromatic carbocycles. The fourth-order valence-electron chi connectivity index (χ4n) is 4.36. The Hall–Kier alpha value is -3.59. The van der Waals surface area contributed by atoms with Crippen molar-refractivity contribution in [2.24, 2.45) is 0 Å². The Balaban J connectivity index is 1.53. The van der Waals surface area contributed by atoms with Gasteiger partial charge >= 0.3 is 0 Å². The second kappa shape index (κ2) is 11.4. The molecule has 0 saturated carbocycles. The molecule has 3 heterocycles. The zero-order valence-electron chi connectivity index (χ0n) is 22.0. The minimum atomic E-state index is -3.58. The molecule has 38 heavy (non-hydrogen) atoms. The monoisotopic (exact) mass is 540 g/mol. The average Bonchev–Trinajstić information content (AvgIpc) is 3.26. The number of hydrogen-bond acceptors (Lipinski definition) is 7. The van der Waals surface area contributed by atoms with Crippen molar-refractivity contribution in [3.05, 3.63) is 54.2 Å². The number of likely N-dealkylation sites (tertiary alicyclic amines) is 1. The highest BCUT2D eigenvalue weighted by atomic mass is 32.2. The standard InChI is InChI=1S/C27H33FN6O3S/c1-6-20-22(9-8-15-29-24-13-12-19(17-26(24)37-5)38(35,36)32(2)3)31-34-25(20)10-7-11-27(34)30-23-14-16-33(4)18-21(23)28/h6-7,10-13,17,21,23,29-30H,1,14-16,18H2,2-5H3/t21-,23+/m0/s1. The van der Waals surface area contributed by atoms with E-state index in [0.29, 0.717) is 35.9 Å². The molecule has 11 heteroatoms. The van der Waals surface area contributed by atoms with Crippen molar-refractivity contribution in [1.29, 1.82) is 0 Å². The van der Waals surface area contributed by atoms with Crippen LogP contribution in [0, 0.1) is 11.8 Å². The van der Waals surface area contributed by atoms with Crippen LogP contribution in [0.15, 0.2) is 47.9 Å². The molecule has 2 aromatic heterocycles. The van der Waals surface area contributed by atoms with Crippen molar-refractivity contribution in [1.82, 2.24) is 18.8 Å². The minimum Gasteiger partial charge on any atom is -0.495 e. The van der Waals surface area contributed by atoms with Gasteiger partial charge in [0.2, 0.25) is 10.0 Å². The number of halogens is 1. The Morgan fingerprint density at radius 3 is 2.79 bits per heavy atom. The number of nitrogens with zero attached hydrogens (tertiary/aromatic N) is 4. The molecular formula is C27H33FN6O3S. The fraction of sp³-hybridized carbons (Fsp3) is 0.370.